The highest BCUT2D eigenvalue weighted by Crippen LogP contribution is 2.47. The van der Waals surface area contributed by atoms with Crippen LogP contribution in [-0.2, 0) is 4.79 Å². The van der Waals surface area contributed by atoms with Crippen LogP contribution in [0.15, 0.2) is 48.5 Å². The monoisotopic (exact) mass is 391 g/mol. The summed E-state index contributed by atoms with van der Waals surface area (Å²) in [5.74, 6) is 0.449. The Balaban J connectivity index is 1.83. The molecule has 2 aromatic carbocycles. The van der Waals surface area contributed by atoms with Gasteiger partial charge in [-0.2, -0.15) is 0 Å². The Hall–Kier alpha value is -1.48. The van der Waals surface area contributed by atoms with Crippen molar-refractivity contribution < 1.29 is 4.79 Å². The largest absolute Gasteiger partial charge is 0.355 e. The van der Waals surface area contributed by atoms with Crippen LogP contribution in [0, 0.1) is 11.8 Å². The molecule has 0 spiro atoms. The summed E-state index contributed by atoms with van der Waals surface area (Å²) >= 11 is 18.6. The third-order valence-electron chi connectivity index (χ3n) is 5.14. The number of hydrogen-bond donors (Lipinski definition) is 1. The number of amides is 1. The van der Waals surface area contributed by atoms with Gasteiger partial charge in [-0.05, 0) is 53.3 Å². The van der Waals surface area contributed by atoms with Gasteiger partial charge in [0.1, 0.15) is 0 Å². The zero-order valence-electron chi connectivity index (χ0n) is 13.3. The molecule has 2 aliphatic rings. The predicted octanol–water partition coefficient (Wildman–Crippen LogP) is 5.58. The number of nitrogens with one attached hydrogen (secondary N) is 1. The minimum Gasteiger partial charge on any atom is -0.355 e. The van der Waals surface area contributed by atoms with E-state index in [2.05, 4.69) is 11.4 Å². The molecule has 0 aromatic heterocycles. The quantitative estimate of drug-likeness (QED) is 0.710. The molecule has 128 valence electrons. The summed E-state index contributed by atoms with van der Waals surface area (Å²) in [6, 6.07) is 13.4. The molecule has 4 rings (SSSR count). The number of rotatable bonds is 2. The molecule has 3 atom stereocenters. The molecule has 2 nitrogen and oxygen atoms in total. The van der Waals surface area contributed by atoms with Crippen molar-refractivity contribution in [2.75, 3.05) is 6.54 Å². The first-order valence-corrected chi connectivity index (χ1v) is 9.36. The zero-order chi connectivity index (χ0) is 17.6. The number of fused-ring (bicyclic) bond motifs is 1. The van der Waals surface area contributed by atoms with Gasteiger partial charge in [-0.15, -0.1) is 0 Å². The van der Waals surface area contributed by atoms with Gasteiger partial charge in [-0.1, -0.05) is 59.1 Å². The Morgan fingerprint density at radius 1 is 0.960 bits per heavy atom. The molecule has 1 N–H and O–H groups in total. The summed E-state index contributed by atoms with van der Waals surface area (Å²) in [6.45, 7) is 0.718. The Morgan fingerprint density at radius 3 is 2.40 bits per heavy atom. The van der Waals surface area contributed by atoms with Gasteiger partial charge in [0, 0.05) is 27.5 Å². The lowest BCUT2D eigenvalue weighted by Gasteiger charge is -2.31. The second-order valence-corrected chi connectivity index (χ2v) is 7.89. The molecule has 0 bridgehead atoms. The summed E-state index contributed by atoms with van der Waals surface area (Å²) < 4.78 is 0. The SMILES string of the molecule is O=C1NC[C@@H]2CC(c3ccc(Cl)cc3Cl)C(c3ccc(Cl)cc3)=C[C@H]12. The summed E-state index contributed by atoms with van der Waals surface area (Å²) in [4.78, 5) is 12.2. The van der Waals surface area contributed by atoms with Crippen LogP contribution in [0.5, 0.6) is 0 Å². The minimum absolute atomic E-state index is 0.0759. The van der Waals surface area contributed by atoms with Crippen molar-refractivity contribution in [1.29, 1.82) is 0 Å². The molecule has 25 heavy (non-hydrogen) atoms. The molecule has 0 saturated carbocycles. The highest BCUT2D eigenvalue weighted by Gasteiger charge is 2.40. The van der Waals surface area contributed by atoms with Crippen molar-refractivity contribution in [2.24, 2.45) is 11.8 Å². The summed E-state index contributed by atoms with van der Waals surface area (Å²) in [6.07, 6.45) is 2.98. The van der Waals surface area contributed by atoms with Gasteiger partial charge < -0.3 is 5.32 Å². The average molecular weight is 393 g/mol. The van der Waals surface area contributed by atoms with Crippen LogP contribution in [0.2, 0.25) is 15.1 Å². The van der Waals surface area contributed by atoms with Crippen LogP contribution in [0.4, 0.5) is 0 Å². The summed E-state index contributed by atoms with van der Waals surface area (Å²) in [5, 5.41) is 4.95. The van der Waals surface area contributed by atoms with Crippen molar-refractivity contribution in [2.45, 2.75) is 12.3 Å². The number of allylic oxidation sites excluding steroid dienone is 1. The van der Waals surface area contributed by atoms with Crippen LogP contribution >= 0.6 is 34.8 Å². The van der Waals surface area contributed by atoms with E-state index >= 15 is 0 Å². The van der Waals surface area contributed by atoms with Crippen LogP contribution < -0.4 is 5.32 Å². The zero-order valence-corrected chi connectivity index (χ0v) is 15.6. The van der Waals surface area contributed by atoms with Gasteiger partial charge in [0.25, 0.3) is 0 Å². The number of benzene rings is 2. The number of carbonyl (C=O) groups excluding carboxylic acids is 1. The van der Waals surface area contributed by atoms with Crippen LogP contribution in [0.25, 0.3) is 5.57 Å². The van der Waals surface area contributed by atoms with Gasteiger partial charge in [0.15, 0.2) is 0 Å². The predicted molar refractivity (Wildman–Crippen MR) is 103 cm³/mol. The lowest BCUT2D eigenvalue weighted by atomic mass is 9.71. The molecule has 1 amide bonds. The van der Waals surface area contributed by atoms with Crippen LogP contribution in [0.1, 0.15) is 23.5 Å². The molecular weight excluding hydrogens is 377 g/mol. The summed E-state index contributed by atoms with van der Waals surface area (Å²) in [5.41, 5.74) is 3.24. The van der Waals surface area contributed by atoms with E-state index in [-0.39, 0.29) is 17.7 Å². The maximum atomic E-state index is 12.2. The van der Waals surface area contributed by atoms with Crippen molar-refractivity contribution in [3.8, 4) is 0 Å². The Kier molecular flexibility index (Phi) is 4.53. The standard InChI is InChI=1S/C20H16Cl3NO/c21-13-3-1-11(2-4-13)16-9-17-12(10-24-20(17)25)7-18(16)15-6-5-14(22)8-19(15)23/h1-6,8-9,12,17-18H,7,10H2,(H,24,25)/t12-,17-,18?/m0/s1. The highest BCUT2D eigenvalue weighted by atomic mass is 35.5. The maximum Gasteiger partial charge on any atom is 0.227 e. The Morgan fingerprint density at radius 2 is 1.68 bits per heavy atom. The molecule has 1 fully saturated rings. The lowest BCUT2D eigenvalue weighted by molar-refractivity contribution is -0.121. The highest BCUT2D eigenvalue weighted by molar-refractivity contribution is 6.35. The molecule has 1 heterocycles. The smallest absolute Gasteiger partial charge is 0.227 e. The normalized spacial score (nSPS) is 25.3. The van der Waals surface area contributed by atoms with Gasteiger partial charge in [0.2, 0.25) is 5.91 Å². The van der Waals surface area contributed by atoms with E-state index in [1.165, 1.54) is 0 Å². The molecule has 0 radical (unpaired) electrons. The number of halogens is 3. The van der Waals surface area contributed by atoms with Gasteiger partial charge in [-0.3, -0.25) is 4.79 Å². The van der Waals surface area contributed by atoms with E-state index in [0.717, 1.165) is 29.7 Å². The van der Waals surface area contributed by atoms with Crippen LogP contribution in [0.3, 0.4) is 0 Å². The second kappa shape index (κ2) is 6.68. The number of hydrogen-bond acceptors (Lipinski definition) is 1. The molecule has 1 saturated heterocycles. The topological polar surface area (TPSA) is 29.1 Å². The van der Waals surface area contributed by atoms with E-state index in [1.807, 2.05) is 36.4 Å². The van der Waals surface area contributed by atoms with Crippen molar-refractivity contribution in [1.82, 2.24) is 5.32 Å². The first-order chi connectivity index (χ1) is 12.0. The number of carbonyl (C=O) groups is 1. The van der Waals surface area contributed by atoms with Gasteiger partial charge >= 0.3 is 0 Å². The molecule has 1 unspecified atom stereocenters. The fraction of sp³-hybridized carbons (Fsp3) is 0.250. The van der Waals surface area contributed by atoms with E-state index in [4.69, 9.17) is 34.8 Å². The minimum atomic E-state index is -0.0759. The van der Waals surface area contributed by atoms with E-state index in [9.17, 15) is 4.79 Å². The third-order valence-corrected chi connectivity index (χ3v) is 5.95. The maximum absolute atomic E-state index is 12.2. The fourth-order valence-electron chi connectivity index (χ4n) is 3.89. The van der Waals surface area contributed by atoms with Crippen molar-refractivity contribution >= 4 is 46.3 Å². The fourth-order valence-corrected chi connectivity index (χ4v) is 4.56. The third kappa shape index (κ3) is 3.19. The van der Waals surface area contributed by atoms with E-state index < -0.39 is 0 Å². The Labute approximate surface area is 161 Å². The van der Waals surface area contributed by atoms with Crippen molar-refractivity contribution in [3.63, 3.8) is 0 Å². The molecule has 1 aliphatic carbocycles. The Bertz CT molecular complexity index is 860. The van der Waals surface area contributed by atoms with Gasteiger partial charge in [-0.25, -0.2) is 0 Å². The van der Waals surface area contributed by atoms with Crippen LogP contribution in [-0.4, -0.2) is 12.5 Å². The van der Waals surface area contributed by atoms with Crippen molar-refractivity contribution in [3.05, 3.63) is 74.7 Å². The van der Waals surface area contributed by atoms with E-state index in [1.54, 1.807) is 6.07 Å². The average Bonchev–Trinajstić information content (AvgIpc) is 2.95. The second-order valence-electron chi connectivity index (χ2n) is 6.61. The lowest BCUT2D eigenvalue weighted by Crippen LogP contribution is -2.23. The summed E-state index contributed by atoms with van der Waals surface area (Å²) in [7, 11) is 0. The van der Waals surface area contributed by atoms with Gasteiger partial charge in [0.05, 0.1) is 5.92 Å². The molecular formula is C20H16Cl3NO. The molecule has 1 aliphatic heterocycles. The molecule has 2 aromatic rings. The first kappa shape index (κ1) is 17.0. The first-order valence-electron chi connectivity index (χ1n) is 8.23. The molecule has 5 heteroatoms. The van der Waals surface area contributed by atoms with E-state index in [0.29, 0.717) is 21.0 Å².